The highest BCUT2D eigenvalue weighted by molar-refractivity contribution is 5.68. The van der Waals surface area contributed by atoms with E-state index in [0.717, 1.165) is 37.1 Å². The predicted octanol–water partition coefficient (Wildman–Crippen LogP) is 5.31. The molecule has 2 fully saturated rings. The smallest absolute Gasteiger partial charge is 0.410 e. The summed E-state index contributed by atoms with van der Waals surface area (Å²) in [7, 11) is 0. The molecule has 3 heterocycles. The van der Waals surface area contributed by atoms with E-state index < -0.39 is 11.2 Å². The monoisotopic (exact) mass is 445 g/mol. The molecule has 2 amide bonds. The van der Waals surface area contributed by atoms with Gasteiger partial charge in [0.2, 0.25) is 0 Å². The minimum atomic E-state index is -0.469. The van der Waals surface area contributed by atoms with Crippen LogP contribution in [-0.2, 0) is 9.47 Å². The van der Waals surface area contributed by atoms with Crippen LogP contribution in [0.3, 0.4) is 0 Å². The standard InChI is InChI=1S/C25H39N3O4/c1-24(2,3)31-22(29)27-14-10-18(11-15-27)20-8-7-9-21(26-20)19-12-16-28(17-13-19)23(30)32-25(4,5)6/h7-9,18-19H,10-17H2,1-6H3. The van der Waals surface area contributed by atoms with E-state index in [1.165, 1.54) is 0 Å². The molecule has 1 aromatic rings. The fraction of sp³-hybridized carbons (Fsp3) is 0.720. The first-order valence-corrected chi connectivity index (χ1v) is 11.8. The van der Waals surface area contributed by atoms with Crippen LogP contribution >= 0.6 is 0 Å². The number of ether oxygens (including phenoxy) is 2. The lowest BCUT2D eigenvalue weighted by Crippen LogP contribution is -2.41. The summed E-state index contributed by atoms with van der Waals surface area (Å²) < 4.78 is 11.0. The van der Waals surface area contributed by atoms with E-state index in [9.17, 15) is 9.59 Å². The van der Waals surface area contributed by atoms with Gasteiger partial charge in [0.25, 0.3) is 0 Å². The molecule has 7 heteroatoms. The van der Waals surface area contributed by atoms with Crippen LogP contribution in [0.1, 0.15) is 90.4 Å². The van der Waals surface area contributed by atoms with E-state index >= 15 is 0 Å². The van der Waals surface area contributed by atoms with Crippen molar-refractivity contribution in [2.75, 3.05) is 26.2 Å². The Morgan fingerprint density at radius 2 is 1.09 bits per heavy atom. The van der Waals surface area contributed by atoms with Crippen LogP contribution in [0.15, 0.2) is 18.2 Å². The SMILES string of the molecule is CC(C)(C)OC(=O)N1CCC(c2cccc(C3CCN(C(=O)OC(C)(C)C)CC3)n2)CC1. The lowest BCUT2D eigenvalue weighted by Gasteiger charge is -2.34. The zero-order chi connectivity index (χ0) is 23.5. The Hall–Kier alpha value is -2.31. The van der Waals surface area contributed by atoms with Crippen molar-refractivity contribution < 1.29 is 19.1 Å². The first kappa shape index (κ1) is 24.3. The van der Waals surface area contributed by atoms with Crippen molar-refractivity contribution in [2.24, 2.45) is 0 Å². The van der Waals surface area contributed by atoms with Gasteiger partial charge in [0.05, 0.1) is 0 Å². The highest BCUT2D eigenvalue weighted by Crippen LogP contribution is 2.31. The van der Waals surface area contributed by atoms with Crippen LogP contribution in [0, 0.1) is 0 Å². The van der Waals surface area contributed by atoms with Gasteiger partial charge in [0.1, 0.15) is 11.2 Å². The van der Waals surface area contributed by atoms with Gasteiger partial charge in [0, 0.05) is 49.4 Å². The summed E-state index contributed by atoms with van der Waals surface area (Å²) >= 11 is 0. The van der Waals surface area contributed by atoms with Gasteiger partial charge in [-0.1, -0.05) is 6.07 Å². The van der Waals surface area contributed by atoms with Crippen molar-refractivity contribution in [2.45, 2.75) is 90.3 Å². The summed E-state index contributed by atoms with van der Waals surface area (Å²) in [5, 5.41) is 0. The summed E-state index contributed by atoms with van der Waals surface area (Å²) in [4.78, 5) is 33.3. The zero-order valence-electron chi connectivity index (χ0n) is 20.5. The number of carbonyl (C=O) groups excluding carboxylic acids is 2. The normalized spacial score (nSPS) is 19.1. The van der Waals surface area contributed by atoms with Crippen LogP contribution in [0.4, 0.5) is 9.59 Å². The molecule has 2 aliphatic heterocycles. The van der Waals surface area contributed by atoms with Crippen molar-refractivity contribution in [3.05, 3.63) is 29.6 Å². The molecule has 0 unspecified atom stereocenters. The second-order valence-corrected chi connectivity index (χ2v) is 11.0. The fourth-order valence-electron chi connectivity index (χ4n) is 4.29. The predicted molar refractivity (Wildman–Crippen MR) is 124 cm³/mol. The van der Waals surface area contributed by atoms with Crippen LogP contribution < -0.4 is 0 Å². The first-order valence-electron chi connectivity index (χ1n) is 11.8. The molecule has 0 aliphatic carbocycles. The number of carbonyl (C=O) groups is 2. The van der Waals surface area contributed by atoms with Crippen molar-refractivity contribution in [1.82, 2.24) is 14.8 Å². The average Bonchev–Trinajstić information content (AvgIpc) is 2.72. The van der Waals surface area contributed by atoms with Crippen molar-refractivity contribution in [3.8, 4) is 0 Å². The Bertz CT molecular complexity index is 733. The maximum absolute atomic E-state index is 12.3. The molecular weight excluding hydrogens is 406 g/mol. The Kier molecular flexibility index (Phi) is 7.36. The van der Waals surface area contributed by atoms with Crippen molar-refractivity contribution in [3.63, 3.8) is 0 Å². The molecule has 0 saturated carbocycles. The van der Waals surface area contributed by atoms with Gasteiger partial charge < -0.3 is 19.3 Å². The second-order valence-electron chi connectivity index (χ2n) is 11.0. The molecule has 3 rings (SSSR count). The third kappa shape index (κ3) is 6.84. The van der Waals surface area contributed by atoms with Gasteiger partial charge in [0.15, 0.2) is 0 Å². The van der Waals surface area contributed by atoms with E-state index in [1.54, 1.807) is 9.80 Å². The number of amides is 2. The molecule has 0 spiro atoms. The number of aromatic nitrogens is 1. The summed E-state index contributed by atoms with van der Waals surface area (Å²) in [5.41, 5.74) is 1.29. The molecule has 1 aromatic heterocycles. The van der Waals surface area contributed by atoms with Crippen LogP contribution in [0.2, 0.25) is 0 Å². The van der Waals surface area contributed by atoms with E-state index in [-0.39, 0.29) is 12.2 Å². The molecule has 0 atom stereocenters. The van der Waals surface area contributed by atoms with Gasteiger partial charge in [-0.05, 0) is 79.4 Å². The van der Waals surface area contributed by atoms with Gasteiger partial charge in [-0.15, -0.1) is 0 Å². The van der Waals surface area contributed by atoms with Crippen molar-refractivity contribution in [1.29, 1.82) is 0 Å². The molecule has 0 aromatic carbocycles. The molecule has 0 bridgehead atoms. The largest absolute Gasteiger partial charge is 0.444 e. The molecule has 32 heavy (non-hydrogen) atoms. The first-order chi connectivity index (χ1) is 14.9. The molecule has 178 valence electrons. The Morgan fingerprint density at radius 3 is 1.41 bits per heavy atom. The highest BCUT2D eigenvalue weighted by atomic mass is 16.6. The quantitative estimate of drug-likeness (QED) is 0.617. The van der Waals surface area contributed by atoms with Crippen LogP contribution in [-0.4, -0.2) is 64.4 Å². The molecule has 2 saturated heterocycles. The molecule has 2 aliphatic rings. The van der Waals surface area contributed by atoms with E-state index in [0.29, 0.717) is 38.0 Å². The van der Waals surface area contributed by atoms with Crippen LogP contribution in [0.25, 0.3) is 0 Å². The minimum absolute atomic E-state index is 0.227. The number of piperidine rings is 2. The lowest BCUT2D eigenvalue weighted by molar-refractivity contribution is 0.0195. The second kappa shape index (κ2) is 9.67. The third-order valence-corrected chi connectivity index (χ3v) is 5.92. The highest BCUT2D eigenvalue weighted by Gasteiger charge is 2.30. The van der Waals surface area contributed by atoms with Crippen LogP contribution in [0.5, 0.6) is 0 Å². The Labute approximate surface area is 192 Å². The summed E-state index contributed by atoms with van der Waals surface area (Å²) in [5.74, 6) is 0.714. The number of rotatable bonds is 2. The number of nitrogens with zero attached hydrogens (tertiary/aromatic N) is 3. The van der Waals surface area contributed by atoms with Crippen molar-refractivity contribution >= 4 is 12.2 Å². The van der Waals surface area contributed by atoms with E-state index in [1.807, 2.05) is 41.5 Å². The molecule has 0 radical (unpaired) electrons. The zero-order valence-corrected chi connectivity index (χ0v) is 20.5. The lowest BCUT2D eigenvalue weighted by atomic mass is 9.90. The van der Waals surface area contributed by atoms with Gasteiger partial charge in [-0.3, -0.25) is 4.98 Å². The number of hydrogen-bond acceptors (Lipinski definition) is 5. The molecular formula is C25H39N3O4. The maximum Gasteiger partial charge on any atom is 0.410 e. The fourth-order valence-corrected chi connectivity index (χ4v) is 4.29. The number of hydrogen-bond donors (Lipinski definition) is 0. The summed E-state index contributed by atoms with van der Waals surface area (Å²) in [6.07, 6.45) is 3.13. The third-order valence-electron chi connectivity index (χ3n) is 5.92. The Morgan fingerprint density at radius 1 is 0.750 bits per heavy atom. The molecule has 0 N–H and O–H groups in total. The van der Waals surface area contributed by atoms with Gasteiger partial charge >= 0.3 is 12.2 Å². The van der Waals surface area contributed by atoms with E-state index in [2.05, 4.69) is 18.2 Å². The topological polar surface area (TPSA) is 72.0 Å². The number of likely N-dealkylation sites (tertiary alicyclic amines) is 2. The summed E-state index contributed by atoms with van der Waals surface area (Å²) in [6, 6.07) is 6.30. The summed E-state index contributed by atoms with van der Waals surface area (Å²) in [6.45, 7) is 14.1. The minimum Gasteiger partial charge on any atom is -0.444 e. The average molecular weight is 446 g/mol. The number of pyridine rings is 1. The van der Waals surface area contributed by atoms with Gasteiger partial charge in [-0.25, -0.2) is 9.59 Å². The van der Waals surface area contributed by atoms with E-state index in [4.69, 9.17) is 14.5 Å². The molecule has 7 nitrogen and oxygen atoms in total. The maximum atomic E-state index is 12.3. The Balaban J connectivity index is 1.53. The van der Waals surface area contributed by atoms with Gasteiger partial charge in [-0.2, -0.15) is 0 Å².